The maximum Gasteiger partial charge on any atom is 0.133 e. The van der Waals surface area contributed by atoms with E-state index in [0.29, 0.717) is 11.7 Å². The van der Waals surface area contributed by atoms with Crippen LogP contribution in [0.25, 0.3) is 0 Å². The first-order valence-corrected chi connectivity index (χ1v) is 4.37. The molecule has 1 rings (SSSR count). The minimum Gasteiger partial charge on any atom is -0.300 e. The molecule has 0 bridgehead atoms. The third-order valence-corrected chi connectivity index (χ3v) is 2.25. The lowest BCUT2D eigenvalue weighted by molar-refractivity contribution is -0.119. The summed E-state index contributed by atoms with van der Waals surface area (Å²) in [6, 6.07) is 0. The molecule has 0 saturated heterocycles. The average Bonchev–Trinajstić information content (AvgIpc) is 1.95. The van der Waals surface area contributed by atoms with E-state index in [1.54, 1.807) is 0 Å². The molecule has 1 unspecified atom stereocenters. The largest absolute Gasteiger partial charge is 0.300 e. The van der Waals surface area contributed by atoms with Gasteiger partial charge in [-0.05, 0) is 25.7 Å². The number of hydrogen-bond acceptors (Lipinski definition) is 1. The molecule has 1 heteroatoms. The highest BCUT2D eigenvalue weighted by atomic mass is 16.1. The lowest BCUT2D eigenvalue weighted by Crippen LogP contribution is -2.05. The molecule has 1 atom stereocenters. The Morgan fingerprint density at radius 1 is 1.36 bits per heavy atom. The maximum absolute atomic E-state index is 11.1. The van der Waals surface area contributed by atoms with E-state index in [4.69, 9.17) is 0 Å². The molecule has 0 heterocycles. The second kappa shape index (κ2) is 3.70. The van der Waals surface area contributed by atoms with Crippen molar-refractivity contribution in [1.82, 2.24) is 0 Å². The highest BCUT2D eigenvalue weighted by Gasteiger charge is 2.09. The first-order valence-electron chi connectivity index (χ1n) is 4.37. The fourth-order valence-corrected chi connectivity index (χ4v) is 1.50. The van der Waals surface area contributed by atoms with Crippen LogP contribution in [0.3, 0.4) is 0 Å². The molecule has 0 aromatic rings. The molecule has 0 spiro atoms. The minimum atomic E-state index is 0.435. The standard InChI is InChI=1S/C10H16O/c1-8-3-5-10(11)6-4-9(2)7-8/h7-8H,3-6H2,1-2H3/b9-7-. The zero-order chi connectivity index (χ0) is 8.27. The normalized spacial score (nSPS) is 32.0. The van der Waals surface area contributed by atoms with Crippen LogP contribution in [0.1, 0.15) is 39.5 Å². The molecule has 1 aliphatic carbocycles. The minimum absolute atomic E-state index is 0.435. The first kappa shape index (κ1) is 8.51. The van der Waals surface area contributed by atoms with E-state index >= 15 is 0 Å². The lowest BCUT2D eigenvalue weighted by atomic mass is 9.94. The third-order valence-electron chi connectivity index (χ3n) is 2.25. The summed E-state index contributed by atoms with van der Waals surface area (Å²) in [5.41, 5.74) is 1.38. The number of ketones is 1. The van der Waals surface area contributed by atoms with Gasteiger partial charge in [0, 0.05) is 12.8 Å². The van der Waals surface area contributed by atoms with Gasteiger partial charge in [0.2, 0.25) is 0 Å². The topological polar surface area (TPSA) is 17.1 Å². The molecule has 0 saturated carbocycles. The lowest BCUT2D eigenvalue weighted by Gasteiger charge is -2.11. The predicted octanol–water partition coefficient (Wildman–Crippen LogP) is 2.71. The highest BCUT2D eigenvalue weighted by Crippen LogP contribution is 2.18. The monoisotopic (exact) mass is 152 g/mol. The van der Waals surface area contributed by atoms with Crippen molar-refractivity contribution in [2.24, 2.45) is 5.92 Å². The summed E-state index contributed by atoms with van der Waals surface area (Å²) in [6.45, 7) is 4.30. The third kappa shape index (κ3) is 2.87. The molecule has 62 valence electrons. The zero-order valence-electron chi connectivity index (χ0n) is 7.39. The zero-order valence-corrected chi connectivity index (χ0v) is 7.39. The van der Waals surface area contributed by atoms with E-state index in [1.807, 2.05) is 0 Å². The highest BCUT2D eigenvalue weighted by molar-refractivity contribution is 5.78. The smallest absolute Gasteiger partial charge is 0.133 e. The summed E-state index contributed by atoms with van der Waals surface area (Å²) >= 11 is 0. The van der Waals surface area contributed by atoms with E-state index in [-0.39, 0.29) is 0 Å². The van der Waals surface area contributed by atoms with Crippen LogP contribution in [-0.2, 0) is 4.79 Å². The van der Waals surface area contributed by atoms with E-state index < -0.39 is 0 Å². The molecule has 0 amide bonds. The summed E-state index contributed by atoms with van der Waals surface area (Å²) in [4.78, 5) is 11.1. The molecule has 0 aromatic carbocycles. The van der Waals surface area contributed by atoms with Crippen LogP contribution in [0.2, 0.25) is 0 Å². The number of carbonyl (C=O) groups excluding carboxylic acids is 1. The molecule has 1 nitrogen and oxygen atoms in total. The Hall–Kier alpha value is -0.590. The summed E-state index contributed by atoms with van der Waals surface area (Å²) in [6.07, 6.45) is 5.85. The van der Waals surface area contributed by atoms with Crippen molar-refractivity contribution in [3.63, 3.8) is 0 Å². The summed E-state index contributed by atoms with van der Waals surface area (Å²) in [5, 5.41) is 0. The van der Waals surface area contributed by atoms with Crippen molar-refractivity contribution in [3.05, 3.63) is 11.6 Å². The maximum atomic E-state index is 11.1. The molecule has 11 heavy (non-hydrogen) atoms. The van der Waals surface area contributed by atoms with Gasteiger partial charge in [0.15, 0.2) is 0 Å². The van der Waals surface area contributed by atoms with E-state index in [1.165, 1.54) is 5.57 Å². The Bertz CT molecular complexity index is 179. The van der Waals surface area contributed by atoms with Gasteiger partial charge in [0.1, 0.15) is 5.78 Å². The van der Waals surface area contributed by atoms with Crippen molar-refractivity contribution in [2.45, 2.75) is 39.5 Å². The molecule has 0 aromatic heterocycles. The van der Waals surface area contributed by atoms with E-state index in [9.17, 15) is 4.79 Å². The van der Waals surface area contributed by atoms with E-state index in [0.717, 1.165) is 25.7 Å². The summed E-state index contributed by atoms with van der Waals surface area (Å²) < 4.78 is 0. The van der Waals surface area contributed by atoms with Crippen LogP contribution in [-0.4, -0.2) is 5.78 Å². The second-order valence-corrected chi connectivity index (χ2v) is 3.57. The van der Waals surface area contributed by atoms with Crippen LogP contribution >= 0.6 is 0 Å². The Morgan fingerprint density at radius 3 is 2.82 bits per heavy atom. The van der Waals surface area contributed by atoms with Gasteiger partial charge < -0.3 is 0 Å². The molecule has 0 radical (unpaired) electrons. The van der Waals surface area contributed by atoms with Gasteiger partial charge in [-0.25, -0.2) is 0 Å². The average molecular weight is 152 g/mol. The van der Waals surface area contributed by atoms with Gasteiger partial charge in [0.25, 0.3) is 0 Å². The SMILES string of the molecule is C/C1=C/C(C)CCC(=O)CC1. The fourth-order valence-electron chi connectivity index (χ4n) is 1.50. The summed E-state index contributed by atoms with van der Waals surface area (Å²) in [5.74, 6) is 1.03. The fraction of sp³-hybridized carbons (Fsp3) is 0.700. The second-order valence-electron chi connectivity index (χ2n) is 3.57. The predicted molar refractivity (Wildman–Crippen MR) is 46.4 cm³/mol. The van der Waals surface area contributed by atoms with Crippen LogP contribution in [0.5, 0.6) is 0 Å². The van der Waals surface area contributed by atoms with Crippen molar-refractivity contribution >= 4 is 5.78 Å². The van der Waals surface area contributed by atoms with Gasteiger partial charge in [-0.1, -0.05) is 18.6 Å². The van der Waals surface area contributed by atoms with E-state index in [2.05, 4.69) is 19.9 Å². The van der Waals surface area contributed by atoms with Gasteiger partial charge in [-0.15, -0.1) is 0 Å². The van der Waals surface area contributed by atoms with Crippen LogP contribution in [0, 0.1) is 5.92 Å². The van der Waals surface area contributed by atoms with Gasteiger partial charge in [-0.3, -0.25) is 4.79 Å². The first-order chi connectivity index (χ1) is 5.18. The molecule has 0 aliphatic heterocycles. The van der Waals surface area contributed by atoms with Crippen molar-refractivity contribution in [3.8, 4) is 0 Å². The van der Waals surface area contributed by atoms with Crippen molar-refractivity contribution < 1.29 is 4.79 Å². The Labute approximate surface area is 68.5 Å². The number of allylic oxidation sites excluding steroid dienone is 2. The van der Waals surface area contributed by atoms with Gasteiger partial charge >= 0.3 is 0 Å². The van der Waals surface area contributed by atoms with Crippen LogP contribution < -0.4 is 0 Å². The Balaban J connectivity index is 2.58. The van der Waals surface area contributed by atoms with Crippen molar-refractivity contribution in [1.29, 1.82) is 0 Å². The van der Waals surface area contributed by atoms with Gasteiger partial charge in [-0.2, -0.15) is 0 Å². The molecule has 0 N–H and O–H groups in total. The number of hydrogen-bond donors (Lipinski definition) is 0. The molecular weight excluding hydrogens is 136 g/mol. The number of carbonyl (C=O) groups is 1. The molecule has 1 aliphatic rings. The van der Waals surface area contributed by atoms with Crippen LogP contribution in [0.15, 0.2) is 11.6 Å². The van der Waals surface area contributed by atoms with Crippen molar-refractivity contribution in [2.75, 3.05) is 0 Å². The molecular formula is C10H16O. The molecule has 0 fully saturated rings. The summed E-state index contributed by atoms with van der Waals surface area (Å²) in [7, 11) is 0. The quantitative estimate of drug-likeness (QED) is 0.488. The van der Waals surface area contributed by atoms with Gasteiger partial charge in [0.05, 0.1) is 0 Å². The number of rotatable bonds is 0. The Kier molecular flexibility index (Phi) is 2.86. The Morgan fingerprint density at radius 2 is 2.09 bits per heavy atom. The van der Waals surface area contributed by atoms with Crippen LogP contribution in [0.4, 0.5) is 0 Å². The number of Topliss-reactive ketones (excluding diaryl/α,β-unsaturated/α-hetero) is 1.